The van der Waals surface area contributed by atoms with Crippen LogP contribution in [-0.2, 0) is 4.79 Å². The molecule has 6 rings (SSSR count). The Morgan fingerprint density at radius 1 is 1.15 bits per heavy atom. The number of nitrogens with zero attached hydrogens (tertiary/aromatic N) is 1. The Labute approximate surface area is 162 Å². The Bertz CT molecular complexity index is 648. The maximum absolute atomic E-state index is 13.1. The highest BCUT2D eigenvalue weighted by Crippen LogP contribution is 2.55. The number of rotatable bonds is 4. The van der Waals surface area contributed by atoms with Crippen molar-refractivity contribution in [2.75, 3.05) is 31.1 Å². The lowest BCUT2D eigenvalue weighted by molar-refractivity contribution is -0.914. The van der Waals surface area contributed by atoms with E-state index in [0.29, 0.717) is 5.91 Å². The smallest absolute Gasteiger partial charge is 0.278 e. The van der Waals surface area contributed by atoms with Crippen molar-refractivity contribution < 1.29 is 14.7 Å². The van der Waals surface area contributed by atoms with Crippen molar-refractivity contribution in [3.8, 4) is 0 Å². The summed E-state index contributed by atoms with van der Waals surface area (Å²) in [5.74, 6) is 4.12. The minimum atomic E-state index is 0.0555. The molecule has 1 amide bonds. The number of hydrogen-bond donors (Lipinski definition) is 2. The molecule has 5 fully saturated rings. The van der Waals surface area contributed by atoms with E-state index in [0.717, 1.165) is 43.9 Å². The quantitative estimate of drug-likeness (QED) is 0.819. The van der Waals surface area contributed by atoms with Gasteiger partial charge in [0.05, 0.1) is 6.20 Å². The predicted molar refractivity (Wildman–Crippen MR) is 104 cm³/mol. The summed E-state index contributed by atoms with van der Waals surface area (Å²) in [5, 5.41) is 3.58. The summed E-state index contributed by atoms with van der Waals surface area (Å²) in [6.45, 7) is 6.20. The molecule has 0 unspecified atom stereocenters. The van der Waals surface area contributed by atoms with E-state index in [2.05, 4.69) is 34.3 Å². The molecule has 3 N–H and O–H groups in total. The van der Waals surface area contributed by atoms with Gasteiger partial charge in [-0.1, -0.05) is 6.07 Å². The zero-order valence-corrected chi connectivity index (χ0v) is 16.5. The van der Waals surface area contributed by atoms with Gasteiger partial charge < -0.3 is 10.2 Å². The molecule has 1 aromatic heterocycles. The minimum absolute atomic E-state index is 0.0555. The zero-order chi connectivity index (χ0) is 18.4. The van der Waals surface area contributed by atoms with Crippen LogP contribution in [0.3, 0.4) is 0 Å². The third kappa shape index (κ3) is 3.35. The molecule has 5 nitrogen and oxygen atoms in total. The Hall–Kier alpha value is -1.62. The van der Waals surface area contributed by atoms with E-state index in [1.807, 2.05) is 12.3 Å². The van der Waals surface area contributed by atoms with E-state index in [1.165, 1.54) is 49.2 Å². The summed E-state index contributed by atoms with van der Waals surface area (Å²) in [4.78, 5) is 20.3. The van der Waals surface area contributed by atoms with E-state index >= 15 is 0 Å². The van der Waals surface area contributed by atoms with Gasteiger partial charge in [0.1, 0.15) is 26.2 Å². The molecule has 1 atom stereocenters. The maximum atomic E-state index is 13.1. The van der Waals surface area contributed by atoms with Crippen LogP contribution in [0.5, 0.6) is 0 Å². The lowest BCUT2D eigenvalue weighted by Crippen LogP contribution is -3.19. The standard InChI is InChI=1S/C22H32N4O/c1-16(25-6-8-26(9-7-25)20-4-2-3-5-23-20)21(27)24-22-13-17-10-18(14-22)12-19(11-17)15-22/h2-5,16-19H,6-15H2,1H3,(H,24,27)/p+2/t16-,17?,18?,19?,22?/m0/s1. The van der Waals surface area contributed by atoms with Crippen LogP contribution >= 0.6 is 0 Å². The molecule has 0 radical (unpaired) electrons. The van der Waals surface area contributed by atoms with Gasteiger partial charge in [-0.2, -0.15) is 0 Å². The Kier molecular flexibility index (Phi) is 4.38. The molecule has 5 aliphatic rings. The average Bonchev–Trinajstić information content (AvgIpc) is 2.67. The Morgan fingerprint density at radius 3 is 2.33 bits per heavy atom. The molecule has 4 saturated carbocycles. The van der Waals surface area contributed by atoms with E-state index in [4.69, 9.17) is 0 Å². The van der Waals surface area contributed by atoms with Crippen LogP contribution in [0.4, 0.5) is 5.82 Å². The van der Waals surface area contributed by atoms with Crippen LogP contribution in [0.1, 0.15) is 45.4 Å². The summed E-state index contributed by atoms with van der Waals surface area (Å²) in [7, 11) is 0. The average molecular weight is 371 g/mol. The normalized spacial score (nSPS) is 36.6. The first-order valence-electron chi connectivity index (χ1n) is 11.0. The molecule has 146 valence electrons. The van der Waals surface area contributed by atoms with E-state index in [9.17, 15) is 4.79 Å². The first-order chi connectivity index (χ1) is 13.1. The van der Waals surface area contributed by atoms with Crippen molar-refractivity contribution in [1.82, 2.24) is 5.32 Å². The van der Waals surface area contributed by atoms with Crippen LogP contribution in [0, 0.1) is 17.8 Å². The molecular formula is C22H34N4O+2. The van der Waals surface area contributed by atoms with Crippen LogP contribution in [0.15, 0.2) is 24.4 Å². The van der Waals surface area contributed by atoms with Gasteiger partial charge in [-0.3, -0.25) is 9.69 Å². The number of aromatic nitrogens is 1. The number of quaternary nitrogens is 1. The van der Waals surface area contributed by atoms with Gasteiger partial charge >= 0.3 is 0 Å². The molecular weight excluding hydrogens is 336 g/mol. The molecule has 1 aromatic rings. The van der Waals surface area contributed by atoms with Crippen LogP contribution < -0.4 is 20.1 Å². The maximum Gasteiger partial charge on any atom is 0.278 e. The molecule has 0 spiro atoms. The number of nitrogens with one attached hydrogen (secondary N) is 3. The minimum Gasteiger partial charge on any atom is -0.345 e. The lowest BCUT2D eigenvalue weighted by atomic mass is 9.53. The predicted octanol–water partition coefficient (Wildman–Crippen LogP) is 0.679. The van der Waals surface area contributed by atoms with Crippen molar-refractivity contribution in [1.29, 1.82) is 0 Å². The number of H-pyrrole nitrogens is 1. The highest BCUT2D eigenvalue weighted by Gasteiger charge is 2.52. The summed E-state index contributed by atoms with van der Waals surface area (Å²) < 4.78 is 0. The molecule has 0 aromatic carbocycles. The molecule has 4 aliphatic carbocycles. The third-order valence-corrected chi connectivity index (χ3v) is 7.87. The molecule has 1 aliphatic heterocycles. The number of anilines is 1. The van der Waals surface area contributed by atoms with Gasteiger partial charge in [0.25, 0.3) is 11.7 Å². The Morgan fingerprint density at radius 2 is 1.78 bits per heavy atom. The fourth-order valence-electron chi connectivity index (χ4n) is 6.87. The zero-order valence-electron chi connectivity index (χ0n) is 16.5. The van der Waals surface area contributed by atoms with Crippen LogP contribution in [0.25, 0.3) is 0 Å². The molecule has 5 heteroatoms. The number of carbonyl (C=O) groups excluding carboxylic acids is 1. The molecule has 4 bridgehead atoms. The first-order valence-corrected chi connectivity index (χ1v) is 11.0. The van der Waals surface area contributed by atoms with Gasteiger partial charge in [-0.15, -0.1) is 0 Å². The second-order valence-electron chi connectivity index (χ2n) is 9.80. The highest BCUT2D eigenvalue weighted by atomic mass is 16.2. The largest absolute Gasteiger partial charge is 0.345 e. The molecule has 2 heterocycles. The molecule has 27 heavy (non-hydrogen) atoms. The monoisotopic (exact) mass is 370 g/mol. The summed E-state index contributed by atoms with van der Waals surface area (Å²) in [6, 6.07) is 6.28. The number of piperazine rings is 1. The topological polar surface area (TPSA) is 50.9 Å². The number of hydrogen-bond acceptors (Lipinski definition) is 2. The highest BCUT2D eigenvalue weighted by molar-refractivity contribution is 5.80. The van der Waals surface area contributed by atoms with Crippen molar-refractivity contribution in [2.45, 2.75) is 57.0 Å². The summed E-state index contributed by atoms with van der Waals surface area (Å²) in [6.07, 6.45) is 9.98. The number of carbonyl (C=O) groups is 1. The SMILES string of the molecule is C[C@@H](C(=O)NC12CC3CC(CC(C3)C1)C2)[NH+]1CCN(c2cccc[nH+]2)CC1. The van der Waals surface area contributed by atoms with Crippen molar-refractivity contribution in [3.63, 3.8) is 0 Å². The van der Waals surface area contributed by atoms with Crippen molar-refractivity contribution >= 4 is 11.7 Å². The second kappa shape index (κ2) is 6.77. The van der Waals surface area contributed by atoms with E-state index in [1.54, 1.807) is 0 Å². The number of pyridine rings is 1. The lowest BCUT2D eigenvalue weighted by Gasteiger charge is -2.57. The van der Waals surface area contributed by atoms with Gasteiger partial charge in [0.15, 0.2) is 6.04 Å². The van der Waals surface area contributed by atoms with Crippen LogP contribution in [0.2, 0.25) is 0 Å². The van der Waals surface area contributed by atoms with Crippen LogP contribution in [-0.4, -0.2) is 43.7 Å². The van der Waals surface area contributed by atoms with Crippen molar-refractivity contribution in [3.05, 3.63) is 24.4 Å². The third-order valence-electron chi connectivity index (χ3n) is 7.87. The van der Waals surface area contributed by atoms with Gasteiger partial charge in [-0.05, 0) is 69.3 Å². The van der Waals surface area contributed by atoms with Crippen molar-refractivity contribution in [2.24, 2.45) is 17.8 Å². The van der Waals surface area contributed by atoms with Gasteiger partial charge in [0, 0.05) is 11.6 Å². The number of aromatic amines is 1. The van der Waals surface area contributed by atoms with E-state index in [-0.39, 0.29) is 11.6 Å². The van der Waals surface area contributed by atoms with Gasteiger partial charge in [0.2, 0.25) is 0 Å². The Balaban J connectivity index is 1.18. The van der Waals surface area contributed by atoms with E-state index < -0.39 is 0 Å². The number of amides is 1. The first kappa shape index (κ1) is 17.5. The van der Waals surface area contributed by atoms with Gasteiger partial charge in [-0.25, -0.2) is 4.98 Å². The summed E-state index contributed by atoms with van der Waals surface area (Å²) >= 11 is 0. The fraction of sp³-hybridized carbons (Fsp3) is 0.727. The fourth-order valence-corrected chi connectivity index (χ4v) is 6.87. The molecule has 1 saturated heterocycles. The summed E-state index contributed by atoms with van der Waals surface area (Å²) in [5.41, 5.74) is 0.139. The second-order valence-corrected chi connectivity index (χ2v) is 9.80.